The second kappa shape index (κ2) is 4.74. The van der Waals surface area contributed by atoms with E-state index in [1.54, 1.807) is 0 Å². The second-order valence-electron chi connectivity index (χ2n) is 4.72. The third-order valence-corrected chi connectivity index (χ3v) is 3.49. The highest BCUT2D eigenvalue weighted by atomic mass is 16.6. The van der Waals surface area contributed by atoms with Gasteiger partial charge in [-0.25, -0.2) is 0 Å². The van der Waals surface area contributed by atoms with Crippen LogP contribution in [0.4, 0.5) is 0 Å². The fourth-order valence-corrected chi connectivity index (χ4v) is 2.46. The zero-order valence-corrected chi connectivity index (χ0v) is 11.1. The highest BCUT2D eigenvalue weighted by Gasteiger charge is 2.58. The third-order valence-electron chi connectivity index (χ3n) is 3.49. The first kappa shape index (κ1) is 13.9. The molecule has 0 radical (unpaired) electrons. The Morgan fingerprint density at radius 2 is 1.95 bits per heavy atom. The molecule has 0 aliphatic heterocycles. The molecule has 1 aromatic heterocycles. The molecule has 0 spiro atoms. The fraction of sp³-hybridized carbons (Fsp3) is 0.0667. The molecule has 1 N–H and O–H groups in total. The molecule has 1 atom stereocenters. The predicted molar refractivity (Wildman–Crippen MR) is 73.4 cm³/mol. The van der Waals surface area contributed by atoms with E-state index in [9.17, 15) is 24.8 Å². The molecule has 110 valence electrons. The monoisotopic (exact) mass is 299 g/mol. The molecule has 0 saturated heterocycles. The maximum atomic E-state index is 12.2. The molecule has 0 saturated carbocycles. The molecule has 0 fully saturated rings. The van der Waals surface area contributed by atoms with Crippen molar-refractivity contribution in [3.63, 3.8) is 0 Å². The predicted octanol–water partition coefficient (Wildman–Crippen LogP) is 1.55. The summed E-state index contributed by atoms with van der Waals surface area (Å²) in [5, 5.41) is 22.0. The van der Waals surface area contributed by atoms with Crippen LogP contribution in [0.15, 0.2) is 52.8 Å². The lowest BCUT2D eigenvalue weighted by Gasteiger charge is -2.17. The smallest absolute Gasteiger partial charge is 0.294 e. The van der Waals surface area contributed by atoms with E-state index in [0.29, 0.717) is 0 Å². The van der Waals surface area contributed by atoms with Gasteiger partial charge in [-0.1, -0.05) is 24.3 Å². The van der Waals surface area contributed by atoms with Gasteiger partial charge in [-0.3, -0.25) is 19.7 Å². The van der Waals surface area contributed by atoms with E-state index in [0.717, 1.165) is 6.08 Å². The van der Waals surface area contributed by atoms with Gasteiger partial charge in [0.2, 0.25) is 11.4 Å². The summed E-state index contributed by atoms with van der Waals surface area (Å²) in [4.78, 5) is 34.6. The molecule has 0 bridgehead atoms. The van der Waals surface area contributed by atoms with Gasteiger partial charge in [0.25, 0.3) is 11.5 Å². The summed E-state index contributed by atoms with van der Waals surface area (Å²) in [5.41, 5.74) is -3.59. The zero-order valence-electron chi connectivity index (χ0n) is 11.1. The summed E-state index contributed by atoms with van der Waals surface area (Å²) in [7, 11) is 0. The van der Waals surface area contributed by atoms with Gasteiger partial charge in [-0.2, -0.15) is 0 Å². The molecule has 1 aliphatic carbocycles. The minimum absolute atomic E-state index is 0.0396. The van der Waals surface area contributed by atoms with Crippen LogP contribution in [0.25, 0.3) is 6.08 Å². The van der Waals surface area contributed by atoms with Gasteiger partial charge in [-0.15, -0.1) is 0 Å². The number of benzene rings is 1. The molecular formula is C15H9NO6. The summed E-state index contributed by atoms with van der Waals surface area (Å²) in [6, 6.07) is 8.59. The zero-order chi connectivity index (χ0) is 15.9. The van der Waals surface area contributed by atoms with Crippen molar-refractivity contribution in [2.45, 2.75) is 5.60 Å². The van der Waals surface area contributed by atoms with Crippen molar-refractivity contribution in [2.75, 3.05) is 0 Å². The summed E-state index contributed by atoms with van der Waals surface area (Å²) in [6.07, 6.45) is 2.23. The standard InChI is InChI=1S/C15H9NO6/c17-13-10-5-1-2-6-11(10)15(19,14(13)18)12(16(20)21)8-9-4-3-7-22-9/h1-8,19H/b12-8+. The first-order chi connectivity index (χ1) is 10.5. The quantitative estimate of drug-likeness (QED) is 0.523. The number of rotatable bonds is 3. The molecule has 7 nitrogen and oxygen atoms in total. The number of ketones is 2. The van der Waals surface area contributed by atoms with Crippen LogP contribution in [0.5, 0.6) is 0 Å². The maximum absolute atomic E-state index is 12.2. The number of fused-ring (bicyclic) bond motifs is 1. The Morgan fingerprint density at radius 1 is 1.23 bits per heavy atom. The van der Waals surface area contributed by atoms with Crippen molar-refractivity contribution in [3.05, 3.63) is 75.4 Å². The van der Waals surface area contributed by atoms with Gasteiger partial charge in [0.1, 0.15) is 5.76 Å². The van der Waals surface area contributed by atoms with Crippen molar-refractivity contribution in [3.8, 4) is 0 Å². The minimum Gasteiger partial charge on any atom is -0.465 e. The van der Waals surface area contributed by atoms with Crippen LogP contribution in [-0.4, -0.2) is 21.6 Å². The van der Waals surface area contributed by atoms with Crippen molar-refractivity contribution >= 4 is 17.6 Å². The van der Waals surface area contributed by atoms with Crippen LogP contribution in [-0.2, 0) is 10.4 Å². The van der Waals surface area contributed by atoms with Crippen molar-refractivity contribution in [1.82, 2.24) is 0 Å². The Morgan fingerprint density at radius 3 is 2.59 bits per heavy atom. The van der Waals surface area contributed by atoms with Crippen molar-refractivity contribution in [2.24, 2.45) is 0 Å². The molecule has 2 aromatic rings. The van der Waals surface area contributed by atoms with Crippen molar-refractivity contribution in [1.29, 1.82) is 0 Å². The summed E-state index contributed by atoms with van der Waals surface area (Å²) >= 11 is 0. The topological polar surface area (TPSA) is 111 Å². The Hall–Kier alpha value is -3.06. The van der Waals surface area contributed by atoms with E-state index in [2.05, 4.69) is 0 Å². The fourth-order valence-electron chi connectivity index (χ4n) is 2.46. The first-order valence-corrected chi connectivity index (χ1v) is 6.27. The number of Topliss-reactive ketones (excluding diaryl/α,β-unsaturated/α-hetero) is 2. The molecule has 22 heavy (non-hydrogen) atoms. The average molecular weight is 299 g/mol. The minimum atomic E-state index is -2.62. The van der Waals surface area contributed by atoms with Crippen LogP contribution in [0.3, 0.4) is 0 Å². The molecule has 3 rings (SSSR count). The Labute approximate surface area is 123 Å². The average Bonchev–Trinajstić information content (AvgIpc) is 3.08. The van der Waals surface area contributed by atoms with Gasteiger partial charge < -0.3 is 9.52 Å². The molecule has 7 heteroatoms. The molecule has 1 heterocycles. The number of hydrogen-bond donors (Lipinski definition) is 1. The van der Waals surface area contributed by atoms with E-state index in [1.165, 1.54) is 42.7 Å². The van der Waals surface area contributed by atoms with Gasteiger partial charge in [0.05, 0.1) is 17.3 Å². The Balaban J connectivity index is 2.26. The number of carbonyl (C=O) groups is 2. The normalized spacial score (nSPS) is 21.0. The van der Waals surface area contributed by atoms with Gasteiger partial charge >= 0.3 is 0 Å². The Bertz CT molecular complexity index is 820. The maximum Gasteiger partial charge on any atom is 0.294 e. The van der Waals surface area contributed by atoms with Gasteiger partial charge in [-0.05, 0) is 12.1 Å². The summed E-state index contributed by atoms with van der Waals surface area (Å²) < 4.78 is 4.98. The Kier molecular flexibility index (Phi) is 3.00. The number of nitro groups is 1. The molecule has 1 aromatic carbocycles. The second-order valence-corrected chi connectivity index (χ2v) is 4.72. The van der Waals surface area contributed by atoms with E-state index >= 15 is 0 Å². The van der Waals surface area contributed by atoms with E-state index in [4.69, 9.17) is 4.42 Å². The van der Waals surface area contributed by atoms with Gasteiger partial charge in [0.15, 0.2) is 0 Å². The molecular weight excluding hydrogens is 290 g/mol. The van der Waals surface area contributed by atoms with Crippen LogP contribution in [0, 0.1) is 10.1 Å². The summed E-state index contributed by atoms with van der Waals surface area (Å²) in [5.74, 6) is -2.11. The van der Waals surface area contributed by atoms with E-state index in [1.807, 2.05) is 0 Å². The van der Waals surface area contributed by atoms with Gasteiger partial charge in [0, 0.05) is 11.1 Å². The molecule has 1 aliphatic rings. The van der Waals surface area contributed by atoms with Crippen LogP contribution < -0.4 is 0 Å². The molecule has 1 unspecified atom stereocenters. The first-order valence-electron chi connectivity index (χ1n) is 6.27. The van der Waals surface area contributed by atoms with Crippen molar-refractivity contribution < 1.29 is 24.0 Å². The number of aliphatic hydroxyl groups is 1. The number of hydrogen-bond acceptors (Lipinski definition) is 6. The number of furan rings is 1. The number of carbonyl (C=O) groups excluding carboxylic acids is 2. The highest BCUT2D eigenvalue weighted by molar-refractivity contribution is 6.50. The number of nitrogens with zero attached hydrogens (tertiary/aromatic N) is 1. The highest BCUT2D eigenvalue weighted by Crippen LogP contribution is 2.40. The van der Waals surface area contributed by atoms with Crippen LogP contribution >= 0.6 is 0 Å². The largest absolute Gasteiger partial charge is 0.465 e. The molecule has 0 amide bonds. The SMILES string of the molecule is O=C1C(=O)C(O)(/C(=C\c2ccco2)[N+](=O)[O-])c2ccccc21. The third kappa shape index (κ3) is 1.80. The van der Waals surface area contributed by atoms with E-state index < -0.39 is 27.8 Å². The lowest BCUT2D eigenvalue weighted by Crippen LogP contribution is -2.38. The lowest BCUT2D eigenvalue weighted by molar-refractivity contribution is -0.440. The van der Waals surface area contributed by atoms with E-state index in [-0.39, 0.29) is 16.9 Å². The van der Waals surface area contributed by atoms with Crippen LogP contribution in [0.1, 0.15) is 21.7 Å². The lowest BCUT2D eigenvalue weighted by atomic mass is 9.91. The summed E-state index contributed by atoms with van der Waals surface area (Å²) in [6.45, 7) is 0. The van der Waals surface area contributed by atoms with Crippen LogP contribution in [0.2, 0.25) is 0 Å².